The van der Waals surface area contributed by atoms with E-state index in [4.69, 9.17) is 9.47 Å². The van der Waals surface area contributed by atoms with Crippen LogP contribution in [0.4, 0.5) is 0 Å². The topological polar surface area (TPSA) is 43.4 Å². The third kappa shape index (κ3) is 2.85. The van der Waals surface area contributed by atoms with Crippen LogP contribution in [0.5, 0.6) is 5.75 Å². The van der Waals surface area contributed by atoms with E-state index in [0.29, 0.717) is 6.61 Å². The van der Waals surface area contributed by atoms with Gasteiger partial charge in [-0.1, -0.05) is 18.2 Å². The van der Waals surface area contributed by atoms with Crippen molar-refractivity contribution in [2.45, 2.75) is 13.0 Å². The summed E-state index contributed by atoms with van der Waals surface area (Å²) < 4.78 is 11.5. The largest absolute Gasteiger partial charge is 0.489 e. The van der Waals surface area contributed by atoms with E-state index < -0.39 is 0 Å². The molecule has 0 amide bonds. The first kappa shape index (κ1) is 12.4. The second-order valence-corrected chi connectivity index (χ2v) is 4.79. The predicted octanol–water partition coefficient (Wildman–Crippen LogP) is 1.91. The fourth-order valence-corrected chi connectivity index (χ4v) is 2.24. The molecule has 1 aromatic heterocycles. The molecule has 0 bridgehead atoms. The minimum Gasteiger partial charge on any atom is -0.489 e. The average molecular weight is 258 g/mol. The molecule has 2 heterocycles. The van der Waals surface area contributed by atoms with Gasteiger partial charge >= 0.3 is 0 Å². The summed E-state index contributed by atoms with van der Waals surface area (Å²) in [6.07, 6.45) is 0.119. The minimum absolute atomic E-state index is 0.119. The summed E-state index contributed by atoms with van der Waals surface area (Å²) in [6.45, 7) is 5.07. The number of aromatic nitrogens is 1. The van der Waals surface area contributed by atoms with Crippen LogP contribution < -0.4 is 10.1 Å². The van der Waals surface area contributed by atoms with Crippen LogP contribution >= 0.6 is 0 Å². The molecule has 4 heteroatoms. The Hall–Kier alpha value is -1.65. The van der Waals surface area contributed by atoms with Crippen molar-refractivity contribution in [1.29, 1.82) is 0 Å². The lowest BCUT2D eigenvalue weighted by atomic mass is 10.2. The number of fused-ring (bicyclic) bond motifs is 1. The number of aryl methyl sites for hydroxylation is 1. The molecule has 1 unspecified atom stereocenters. The molecule has 1 saturated heterocycles. The molecule has 0 spiro atoms. The van der Waals surface area contributed by atoms with E-state index in [-0.39, 0.29) is 6.10 Å². The molecule has 1 fully saturated rings. The lowest BCUT2D eigenvalue weighted by molar-refractivity contribution is 0.000475. The number of ether oxygens (including phenoxy) is 2. The van der Waals surface area contributed by atoms with Crippen LogP contribution in [0, 0.1) is 6.92 Å². The Morgan fingerprint density at radius 1 is 1.37 bits per heavy atom. The molecule has 19 heavy (non-hydrogen) atoms. The zero-order chi connectivity index (χ0) is 13.1. The van der Waals surface area contributed by atoms with E-state index in [2.05, 4.69) is 16.4 Å². The molecular formula is C15H18N2O2. The van der Waals surface area contributed by atoms with Gasteiger partial charge in [0, 0.05) is 24.2 Å². The van der Waals surface area contributed by atoms with E-state index in [1.54, 1.807) is 0 Å². The molecule has 0 saturated carbocycles. The number of benzene rings is 1. The van der Waals surface area contributed by atoms with Crippen LogP contribution in [0.1, 0.15) is 5.69 Å². The zero-order valence-corrected chi connectivity index (χ0v) is 11.1. The van der Waals surface area contributed by atoms with E-state index in [1.165, 1.54) is 0 Å². The Bertz CT molecular complexity index is 565. The first-order chi connectivity index (χ1) is 9.33. The Morgan fingerprint density at radius 2 is 2.32 bits per heavy atom. The van der Waals surface area contributed by atoms with E-state index in [0.717, 1.165) is 42.0 Å². The standard InChI is InChI=1S/C15H18N2O2/c1-11-5-6-12-3-2-4-14(15(12)17-11)19-10-13-9-16-7-8-18-13/h2-6,13,16H,7-10H2,1H3. The molecule has 0 radical (unpaired) electrons. The molecule has 4 nitrogen and oxygen atoms in total. The van der Waals surface area contributed by atoms with Gasteiger partial charge in [0.05, 0.1) is 6.61 Å². The van der Waals surface area contributed by atoms with Crippen molar-refractivity contribution in [3.63, 3.8) is 0 Å². The van der Waals surface area contributed by atoms with E-state index in [1.807, 2.05) is 31.2 Å². The van der Waals surface area contributed by atoms with Crippen molar-refractivity contribution >= 4 is 10.9 Å². The molecule has 1 aliphatic heterocycles. The fourth-order valence-electron chi connectivity index (χ4n) is 2.24. The smallest absolute Gasteiger partial charge is 0.145 e. The van der Waals surface area contributed by atoms with Gasteiger partial charge in [0.1, 0.15) is 24.0 Å². The maximum absolute atomic E-state index is 5.89. The molecule has 1 aromatic carbocycles. The van der Waals surface area contributed by atoms with Crippen molar-refractivity contribution in [3.05, 3.63) is 36.0 Å². The van der Waals surface area contributed by atoms with Gasteiger partial charge in [-0.15, -0.1) is 0 Å². The van der Waals surface area contributed by atoms with Crippen molar-refractivity contribution in [2.75, 3.05) is 26.3 Å². The van der Waals surface area contributed by atoms with E-state index >= 15 is 0 Å². The Balaban J connectivity index is 1.78. The Kier molecular flexibility index (Phi) is 3.62. The van der Waals surface area contributed by atoms with Crippen molar-refractivity contribution in [3.8, 4) is 5.75 Å². The summed E-state index contributed by atoms with van der Waals surface area (Å²) in [6, 6.07) is 10.1. The maximum Gasteiger partial charge on any atom is 0.145 e. The number of pyridine rings is 1. The highest BCUT2D eigenvalue weighted by atomic mass is 16.5. The van der Waals surface area contributed by atoms with Gasteiger partial charge in [0.15, 0.2) is 0 Å². The highest BCUT2D eigenvalue weighted by molar-refractivity contribution is 5.84. The summed E-state index contributed by atoms with van der Waals surface area (Å²) in [5.41, 5.74) is 1.92. The Labute approximate surface area is 112 Å². The van der Waals surface area contributed by atoms with Gasteiger partial charge in [0.25, 0.3) is 0 Å². The molecular weight excluding hydrogens is 240 g/mol. The summed E-state index contributed by atoms with van der Waals surface area (Å²) >= 11 is 0. The fraction of sp³-hybridized carbons (Fsp3) is 0.400. The third-order valence-electron chi connectivity index (χ3n) is 3.25. The van der Waals surface area contributed by atoms with Gasteiger partial charge in [0.2, 0.25) is 0 Å². The lowest BCUT2D eigenvalue weighted by Gasteiger charge is -2.23. The number of para-hydroxylation sites is 1. The van der Waals surface area contributed by atoms with Crippen LogP contribution in [-0.4, -0.2) is 37.4 Å². The number of nitrogens with zero attached hydrogens (tertiary/aromatic N) is 1. The normalized spacial score (nSPS) is 19.5. The van der Waals surface area contributed by atoms with Gasteiger partial charge in [-0.25, -0.2) is 4.98 Å². The lowest BCUT2D eigenvalue weighted by Crippen LogP contribution is -2.41. The van der Waals surface area contributed by atoms with Gasteiger partial charge in [-0.05, 0) is 19.1 Å². The van der Waals surface area contributed by atoms with Crippen LogP contribution in [0.2, 0.25) is 0 Å². The first-order valence-corrected chi connectivity index (χ1v) is 6.64. The highest BCUT2D eigenvalue weighted by Gasteiger charge is 2.14. The molecule has 1 N–H and O–H groups in total. The van der Waals surface area contributed by atoms with Crippen LogP contribution in [0.25, 0.3) is 10.9 Å². The molecule has 2 aromatic rings. The predicted molar refractivity (Wildman–Crippen MR) is 74.6 cm³/mol. The number of morpholine rings is 1. The van der Waals surface area contributed by atoms with Crippen molar-refractivity contribution in [1.82, 2.24) is 10.3 Å². The number of hydrogen-bond acceptors (Lipinski definition) is 4. The van der Waals surface area contributed by atoms with Crippen molar-refractivity contribution in [2.24, 2.45) is 0 Å². The minimum atomic E-state index is 0.119. The molecule has 1 atom stereocenters. The molecule has 0 aliphatic carbocycles. The summed E-state index contributed by atoms with van der Waals surface area (Å²) in [4.78, 5) is 4.56. The van der Waals surface area contributed by atoms with Gasteiger partial charge < -0.3 is 14.8 Å². The number of hydrogen-bond donors (Lipinski definition) is 1. The monoisotopic (exact) mass is 258 g/mol. The van der Waals surface area contributed by atoms with Crippen molar-refractivity contribution < 1.29 is 9.47 Å². The number of rotatable bonds is 3. The number of nitrogens with one attached hydrogen (secondary N) is 1. The first-order valence-electron chi connectivity index (χ1n) is 6.64. The van der Waals surface area contributed by atoms with Gasteiger partial charge in [-0.3, -0.25) is 0 Å². The summed E-state index contributed by atoms with van der Waals surface area (Å²) in [5, 5.41) is 4.40. The SMILES string of the molecule is Cc1ccc2cccc(OCC3CNCCO3)c2n1. The zero-order valence-electron chi connectivity index (χ0n) is 11.1. The second-order valence-electron chi connectivity index (χ2n) is 4.79. The van der Waals surface area contributed by atoms with Crippen LogP contribution in [0.3, 0.4) is 0 Å². The van der Waals surface area contributed by atoms with Crippen LogP contribution in [0.15, 0.2) is 30.3 Å². The molecule has 100 valence electrons. The van der Waals surface area contributed by atoms with Crippen LogP contribution in [-0.2, 0) is 4.74 Å². The second kappa shape index (κ2) is 5.55. The Morgan fingerprint density at radius 3 is 3.16 bits per heavy atom. The highest BCUT2D eigenvalue weighted by Crippen LogP contribution is 2.24. The average Bonchev–Trinajstić information content (AvgIpc) is 2.46. The summed E-state index contributed by atoms with van der Waals surface area (Å²) in [7, 11) is 0. The van der Waals surface area contributed by atoms with Gasteiger partial charge in [-0.2, -0.15) is 0 Å². The quantitative estimate of drug-likeness (QED) is 0.913. The third-order valence-corrected chi connectivity index (χ3v) is 3.25. The molecule has 1 aliphatic rings. The summed E-state index contributed by atoms with van der Waals surface area (Å²) in [5.74, 6) is 0.829. The molecule has 3 rings (SSSR count). The van der Waals surface area contributed by atoms with E-state index in [9.17, 15) is 0 Å². The maximum atomic E-state index is 5.89.